The SMILES string of the molecule is CC(C)(C)c1cc(-c2cc(-c3ccccc3O)nc(-c3cc(-c4nc5ccccn5c4-c4ccccc4)cc4c3oc3ccccc34)c2)cc(C(C)(C)C)c1. The van der Waals surface area contributed by atoms with E-state index in [1.807, 2.05) is 60.7 Å². The van der Waals surface area contributed by atoms with E-state index >= 15 is 0 Å². The van der Waals surface area contributed by atoms with Crippen LogP contribution in [0, 0.1) is 0 Å². The molecule has 4 heterocycles. The van der Waals surface area contributed by atoms with Crippen LogP contribution in [0.25, 0.3) is 83.7 Å². The molecule has 0 aliphatic rings. The van der Waals surface area contributed by atoms with Crippen molar-refractivity contribution in [2.45, 2.75) is 52.4 Å². The Morgan fingerprint density at radius 3 is 1.89 bits per heavy atom. The molecule has 9 rings (SSSR count). The van der Waals surface area contributed by atoms with Crippen molar-refractivity contribution in [2.75, 3.05) is 0 Å². The summed E-state index contributed by atoms with van der Waals surface area (Å²) in [6.07, 6.45) is 2.07. The quantitative estimate of drug-likeness (QED) is 0.192. The molecule has 0 atom stereocenters. The summed E-state index contributed by atoms with van der Waals surface area (Å²) in [5.41, 5.74) is 13.8. The Hall–Kier alpha value is -6.46. The highest BCUT2D eigenvalue weighted by Crippen LogP contribution is 2.44. The van der Waals surface area contributed by atoms with E-state index in [1.165, 1.54) is 11.1 Å². The van der Waals surface area contributed by atoms with Crippen molar-refractivity contribution in [3.05, 3.63) is 157 Å². The first-order valence-electron chi connectivity index (χ1n) is 18.9. The van der Waals surface area contributed by atoms with E-state index in [0.29, 0.717) is 11.3 Å². The van der Waals surface area contributed by atoms with Crippen molar-refractivity contribution in [1.29, 1.82) is 0 Å². The Balaban J connectivity index is 1.37. The highest BCUT2D eigenvalue weighted by molar-refractivity contribution is 6.11. The number of phenolic OH excluding ortho intramolecular Hbond substituents is 1. The molecule has 0 amide bonds. The summed E-state index contributed by atoms with van der Waals surface area (Å²) in [5, 5.41) is 13.2. The monoisotopic (exact) mass is 717 g/mol. The van der Waals surface area contributed by atoms with E-state index in [2.05, 4.69) is 125 Å². The topological polar surface area (TPSA) is 63.6 Å². The van der Waals surface area contributed by atoms with Gasteiger partial charge in [-0.05, 0) is 87.7 Å². The molecular formula is C50H43N3O2. The van der Waals surface area contributed by atoms with Crippen LogP contribution in [-0.4, -0.2) is 19.5 Å². The van der Waals surface area contributed by atoms with Gasteiger partial charge in [-0.3, -0.25) is 4.40 Å². The molecule has 0 bridgehead atoms. The smallest absolute Gasteiger partial charge is 0.144 e. The van der Waals surface area contributed by atoms with Gasteiger partial charge >= 0.3 is 0 Å². The van der Waals surface area contributed by atoms with Gasteiger partial charge in [-0.15, -0.1) is 0 Å². The molecule has 5 heteroatoms. The molecule has 4 aromatic heterocycles. The Morgan fingerprint density at radius 1 is 0.527 bits per heavy atom. The summed E-state index contributed by atoms with van der Waals surface area (Å²) < 4.78 is 8.89. The first-order valence-corrected chi connectivity index (χ1v) is 18.9. The molecule has 55 heavy (non-hydrogen) atoms. The maximum atomic E-state index is 11.2. The van der Waals surface area contributed by atoms with Crippen LogP contribution in [0.3, 0.4) is 0 Å². The molecule has 0 saturated heterocycles. The lowest BCUT2D eigenvalue weighted by Crippen LogP contribution is -2.16. The zero-order valence-electron chi connectivity index (χ0n) is 32.1. The fraction of sp³-hybridized carbons (Fsp3) is 0.160. The number of rotatable bonds is 5. The summed E-state index contributed by atoms with van der Waals surface area (Å²) in [6, 6.07) is 47.7. The van der Waals surface area contributed by atoms with Crippen LogP contribution in [0.5, 0.6) is 5.75 Å². The number of fused-ring (bicyclic) bond motifs is 4. The first-order chi connectivity index (χ1) is 26.4. The lowest BCUT2D eigenvalue weighted by Gasteiger charge is -2.26. The minimum atomic E-state index is -0.0638. The number of nitrogens with zero attached hydrogens (tertiary/aromatic N) is 3. The minimum absolute atomic E-state index is 0.0638. The molecular weight excluding hydrogens is 675 g/mol. The summed E-state index contributed by atoms with van der Waals surface area (Å²) in [5.74, 6) is 0.178. The van der Waals surface area contributed by atoms with Crippen molar-refractivity contribution in [2.24, 2.45) is 0 Å². The van der Waals surface area contributed by atoms with Gasteiger partial charge in [0.1, 0.15) is 22.6 Å². The average Bonchev–Trinajstić information content (AvgIpc) is 3.76. The lowest BCUT2D eigenvalue weighted by atomic mass is 9.79. The Morgan fingerprint density at radius 2 is 1.16 bits per heavy atom. The second-order valence-corrected chi connectivity index (χ2v) is 16.5. The molecule has 5 nitrogen and oxygen atoms in total. The molecule has 270 valence electrons. The number of hydrogen-bond acceptors (Lipinski definition) is 4. The van der Waals surface area contributed by atoms with E-state index in [-0.39, 0.29) is 16.6 Å². The van der Waals surface area contributed by atoms with Gasteiger partial charge in [0.15, 0.2) is 0 Å². The number of hydrogen-bond donors (Lipinski definition) is 1. The first kappa shape index (κ1) is 34.3. The molecule has 0 unspecified atom stereocenters. The van der Waals surface area contributed by atoms with Crippen molar-refractivity contribution in [1.82, 2.24) is 14.4 Å². The van der Waals surface area contributed by atoms with Gasteiger partial charge < -0.3 is 9.52 Å². The zero-order valence-corrected chi connectivity index (χ0v) is 32.1. The summed E-state index contributed by atoms with van der Waals surface area (Å²) in [4.78, 5) is 10.6. The molecule has 0 spiro atoms. The van der Waals surface area contributed by atoms with Crippen molar-refractivity contribution < 1.29 is 9.52 Å². The summed E-state index contributed by atoms with van der Waals surface area (Å²) >= 11 is 0. The number of pyridine rings is 2. The van der Waals surface area contributed by atoms with Gasteiger partial charge in [-0.2, -0.15) is 0 Å². The Kier molecular flexibility index (Phi) is 8.01. The number of benzene rings is 5. The molecule has 0 fully saturated rings. The summed E-state index contributed by atoms with van der Waals surface area (Å²) in [6.45, 7) is 13.6. The maximum Gasteiger partial charge on any atom is 0.144 e. The second kappa shape index (κ2) is 12.8. The number of imidazole rings is 1. The number of furan rings is 1. The third-order valence-corrected chi connectivity index (χ3v) is 10.6. The van der Waals surface area contributed by atoms with Gasteiger partial charge in [0.25, 0.3) is 0 Å². The van der Waals surface area contributed by atoms with E-state index in [4.69, 9.17) is 14.4 Å². The van der Waals surface area contributed by atoms with Crippen LogP contribution in [0.1, 0.15) is 52.7 Å². The largest absolute Gasteiger partial charge is 0.507 e. The normalized spacial score (nSPS) is 12.3. The van der Waals surface area contributed by atoms with Crippen LogP contribution in [-0.2, 0) is 10.8 Å². The molecule has 0 saturated carbocycles. The van der Waals surface area contributed by atoms with Crippen LogP contribution >= 0.6 is 0 Å². The van der Waals surface area contributed by atoms with E-state index in [0.717, 1.165) is 72.5 Å². The van der Waals surface area contributed by atoms with Crippen molar-refractivity contribution in [3.8, 4) is 61.9 Å². The highest BCUT2D eigenvalue weighted by atomic mass is 16.3. The predicted octanol–water partition coefficient (Wildman–Crippen LogP) is 13.3. The third-order valence-electron chi connectivity index (χ3n) is 10.6. The van der Waals surface area contributed by atoms with Gasteiger partial charge in [-0.1, -0.05) is 126 Å². The van der Waals surface area contributed by atoms with E-state index in [9.17, 15) is 5.11 Å². The highest BCUT2D eigenvalue weighted by Gasteiger charge is 2.24. The van der Waals surface area contributed by atoms with Crippen LogP contribution in [0.15, 0.2) is 150 Å². The maximum absolute atomic E-state index is 11.2. The summed E-state index contributed by atoms with van der Waals surface area (Å²) in [7, 11) is 0. The van der Waals surface area contributed by atoms with Crippen LogP contribution in [0.4, 0.5) is 0 Å². The average molecular weight is 718 g/mol. The standard InChI is InChI=1S/C50H43N3O2/c1-49(2,3)35-24-32(25-36(30-35)50(4,5)6)33-28-41(38-19-10-12-20-43(38)54)51-42(29-33)40-27-34(26-39-37-18-11-13-21-44(37)55-48(39)40)46-47(31-16-8-7-9-17-31)53-23-15-14-22-45(53)52-46/h7-30,54H,1-6H3. The van der Waals surface area contributed by atoms with Gasteiger partial charge in [0.05, 0.1) is 22.8 Å². The minimum Gasteiger partial charge on any atom is -0.507 e. The zero-order chi connectivity index (χ0) is 38.1. The van der Waals surface area contributed by atoms with Crippen molar-refractivity contribution >= 4 is 27.6 Å². The lowest BCUT2D eigenvalue weighted by molar-refractivity contribution is 0.477. The van der Waals surface area contributed by atoms with Gasteiger partial charge in [0, 0.05) is 39.2 Å². The molecule has 0 radical (unpaired) electrons. The third kappa shape index (κ3) is 6.16. The van der Waals surface area contributed by atoms with Crippen LogP contribution in [0.2, 0.25) is 0 Å². The van der Waals surface area contributed by atoms with Gasteiger partial charge in [-0.25, -0.2) is 9.97 Å². The van der Waals surface area contributed by atoms with Gasteiger partial charge in [0.2, 0.25) is 0 Å². The Bertz CT molecular complexity index is 2870. The van der Waals surface area contributed by atoms with E-state index in [1.54, 1.807) is 6.07 Å². The Labute approximate surface area is 321 Å². The molecule has 1 N–H and O–H groups in total. The molecule has 0 aliphatic heterocycles. The number of phenols is 1. The molecule has 0 aliphatic carbocycles. The fourth-order valence-corrected chi connectivity index (χ4v) is 7.55. The molecule has 9 aromatic rings. The number of aromatic nitrogens is 3. The fourth-order valence-electron chi connectivity index (χ4n) is 7.55. The van der Waals surface area contributed by atoms with E-state index < -0.39 is 0 Å². The van der Waals surface area contributed by atoms with Crippen molar-refractivity contribution in [3.63, 3.8) is 0 Å². The predicted molar refractivity (Wildman–Crippen MR) is 227 cm³/mol. The number of aromatic hydroxyl groups is 1. The van der Waals surface area contributed by atoms with Crippen LogP contribution < -0.4 is 0 Å². The second-order valence-electron chi connectivity index (χ2n) is 16.5. The number of para-hydroxylation sites is 2. The molecule has 5 aromatic carbocycles.